The molecular weight excluding hydrogens is 388 g/mol. The number of nitrogens with two attached hydrogens (primary N) is 1. The van der Waals surface area contributed by atoms with E-state index in [-0.39, 0.29) is 5.84 Å². The van der Waals surface area contributed by atoms with E-state index in [2.05, 4.69) is 0 Å². The SMILES string of the molecule is COC(=O)C(Oc1ccc2cc(C(=N)N)sc2c1)c1ccc(OC)c(Cl)c1. The highest BCUT2D eigenvalue weighted by Gasteiger charge is 2.25. The molecule has 1 aromatic heterocycles. The number of fused-ring (bicyclic) bond motifs is 1. The molecule has 1 atom stereocenters. The third kappa shape index (κ3) is 3.99. The summed E-state index contributed by atoms with van der Waals surface area (Å²) < 4.78 is 16.8. The number of methoxy groups -OCH3 is 2. The van der Waals surface area contributed by atoms with Crippen molar-refractivity contribution >= 4 is 44.8 Å². The third-order valence-electron chi connectivity index (χ3n) is 3.90. The average molecular weight is 405 g/mol. The number of nitrogens with one attached hydrogen (secondary N) is 1. The van der Waals surface area contributed by atoms with Crippen LogP contribution < -0.4 is 15.2 Å². The molecule has 0 amide bonds. The predicted octanol–water partition coefficient (Wildman–Crippen LogP) is 4.14. The lowest BCUT2D eigenvalue weighted by atomic mass is 10.1. The zero-order valence-corrected chi connectivity index (χ0v) is 16.2. The number of thiophene rings is 1. The molecule has 0 aliphatic heterocycles. The first-order valence-corrected chi connectivity index (χ1v) is 9.08. The minimum atomic E-state index is -0.983. The topological polar surface area (TPSA) is 94.6 Å². The number of esters is 1. The molecule has 0 aliphatic carbocycles. The fourth-order valence-corrected chi connectivity index (χ4v) is 3.78. The number of halogens is 1. The Morgan fingerprint density at radius 1 is 1.19 bits per heavy atom. The number of ether oxygens (including phenoxy) is 3. The number of hydrogen-bond donors (Lipinski definition) is 2. The Morgan fingerprint density at radius 3 is 2.59 bits per heavy atom. The molecule has 0 fully saturated rings. The van der Waals surface area contributed by atoms with Crippen LogP contribution in [0, 0.1) is 5.41 Å². The Kier molecular flexibility index (Phi) is 5.53. The first-order valence-electron chi connectivity index (χ1n) is 7.89. The van der Waals surface area contributed by atoms with Gasteiger partial charge in [0.25, 0.3) is 0 Å². The van der Waals surface area contributed by atoms with E-state index in [0.717, 1.165) is 10.1 Å². The van der Waals surface area contributed by atoms with Gasteiger partial charge < -0.3 is 19.9 Å². The number of amidine groups is 1. The Bertz CT molecular complexity index is 1020. The van der Waals surface area contributed by atoms with Gasteiger partial charge in [0, 0.05) is 10.3 Å². The summed E-state index contributed by atoms with van der Waals surface area (Å²) in [7, 11) is 2.81. The van der Waals surface area contributed by atoms with E-state index >= 15 is 0 Å². The highest BCUT2D eigenvalue weighted by molar-refractivity contribution is 7.20. The van der Waals surface area contributed by atoms with Gasteiger partial charge in [-0.05, 0) is 41.8 Å². The van der Waals surface area contributed by atoms with Crippen LogP contribution in [-0.2, 0) is 9.53 Å². The van der Waals surface area contributed by atoms with Crippen molar-refractivity contribution in [1.82, 2.24) is 0 Å². The van der Waals surface area contributed by atoms with Gasteiger partial charge in [-0.2, -0.15) is 0 Å². The summed E-state index contributed by atoms with van der Waals surface area (Å²) in [5.74, 6) is 0.452. The molecule has 0 saturated carbocycles. The van der Waals surface area contributed by atoms with E-state index in [0.29, 0.717) is 27.0 Å². The van der Waals surface area contributed by atoms with E-state index < -0.39 is 12.1 Å². The van der Waals surface area contributed by atoms with E-state index in [1.807, 2.05) is 12.1 Å². The molecule has 0 bridgehead atoms. The second kappa shape index (κ2) is 7.85. The number of hydrogen-bond acceptors (Lipinski definition) is 6. The van der Waals surface area contributed by atoms with Crippen LogP contribution in [0.3, 0.4) is 0 Å². The summed E-state index contributed by atoms with van der Waals surface area (Å²) in [5, 5.41) is 8.87. The fourth-order valence-electron chi connectivity index (χ4n) is 2.56. The molecular formula is C19H17ClN2O4S. The normalized spacial score (nSPS) is 11.8. The summed E-state index contributed by atoms with van der Waals surface area (Å²) in [5.41, 5.74) is 6.09. The first-order chi connectivity index (χ1) is 12.9. The van der Waals surface area contributed by atoms with Gasteiger partial charge in [0.05, 0.1) is 24.1 Å². The van der Waals surface area contributed by atoms with Crippen molar-refractivity contribution in [1.29, 1.82) is 5.41 Å². The lowest BCUT2D eigenvalue weighted by molar-refractivity contribution is -0.149. The number of carbonyl (C=O) groups is 1. The minimum absolute atomic E-state index is 0.0129. The van der Waals surface area contributed by atoms with Crippen LogP contribution in [0.15, 0.2) is 42.5 Å². The number of carbonyl (C=O) groups excluding carboxylic acids is 1. The summed E-state index contributed by atoms with van der Waals surface area (Å²) in [6.45, 7) is 0. The summed E-state index contributed by atoms with van der Waals surface area (Å²) in [4.78, 5) is 13.0. The van der Waals surface area contributed by atoms with Gasteiger partial charge in [0.15, 0.2) is 0 Å². The summed E-state index contributed by atoms with van der Waals surface area (Å²) in [6.07, 6.45) is -0.983. The van der Waals surface area contributed by atoms with Crippen LogP contribution in [0.2, 0.25) is 5.02 Å². The average Bonchev–Trinajstić information content (AvgIpc) is 3.09. The molecule has 0 aliphatic rings. The van der Waals surface area contributed by atoms with Crippen LogP contribution in [-0.4, -0.2) is 26.0 Å². The van der Waals surface area contributed by atoms with E-state index in [1.165, 1.54) is 25.6 Å². The molecule has 140 valence electrons. The smallest absolute Gasteiger partial charge is 0.351 e. The molecule has 27 heavy (non-hydrogen) atoms. The standard InChI is InChI=1S/C19H17ClN2O4S/c1-24-14-6-4-11(7-13(14)20)17(19(23)25-2)26-12-5-3-10-8-16(18(21)22)27-15(10)9-12/h3-9,17H,1-2H3,(H3,21,22). The minimum Gasteiger partial charge on any atom is -0.495 e. The molecule has 3 rings (SSSR count). The molecule has 1 heterocycles. The zero-order chi connectivity index (χ0) is 19.6. The van der Waals surface area contributed by atoms with Crippen LogP contribution in [0.4, 0.5) is 0 Å². The van der Waals surface area contributed by atoms with Gasteiger partial charge in [-0.1, -0.05) is 17.7 Å². The highest BCUT2D eigenvalue weighted by atomic mass is 35.5. The second-order valence-corrected chi connectivity index (χ2v) is 7.13. The number of rotatable bonds is 6. The molecule has 2 aromatic carbocycles. The van der Waals surface area contributed by atoms with Crippen molar-refractivity contribution in [2.24, 2.45) is 5.73 Å². The molecule has 0 saturated heterocycles. The first kappa shape index (κ1) is 19.0. The lowest BCUT2D eigenvalue weighted by Crippen LogP contribution is -2.20. The van der Waals surface area contributed by atoms with Crippen LogP contribution in [0.25, 0.3) is 10.1 Å². The van der Waals surface area contributed by atoms with Crippen molar-refractivity contribution in [3.63, 3.8) is 0 Å². The van der Waals surface area contributed by atoms with Gasteiger partial charge in [-0.3, -0.25) is 5.41 Å². The Hall–Kier alpha value is -2.77. The van der Waals surface area contributed by atoms with Gasteiger partial charge in [-0.15, -0.1) is 11.3 Å². The van der Waals surface area contributed by atoms with Crippen molar-refractivity contribution in [2.75, 3.05) is 14.2 Å². The fraction of sp³-hybridized carbons (Fsp3) is 0.158. The maximum Gasteiger partial charge on any atom is 0.351 e. The molecule has 0 spiro atoms. The van der Waals surface area contributed by atoms with Gasteiger partial charge in [0.2, 0.25) is 6.10 Å². The van der Waals surface area contributed by atoms with Crippen LogP contribution in [0.1, 0.15) is 16.5 Å². The van der Waals surface area contributed by atoms with Gasteiger partial charge in [0.1, 0.15) is 17.3 Å². The van der Waals surface area contributed by atoms with Gasteiger partial charge >= 0.3 is 5.97 Å². The van der Waals surface area contributed by atoms with E-state index in [9.17, 15) is 4.79 Å². The van der Waals surface area contributed by atoms with Crippen LogP contribution >= 0.6 is 22.9 Å². The molecule has 3 N–H and O–H groups in total. The zero-order valence-electron chi connectivity index (χ0n) is 14.6. The van der Waals surface area contributed by atoms with Crippen molar-refractivity contribution in [2.45, 2.75) is 6.10 Å². The molecule has 1 unspecified atom stereocenters. The third-order valence-corrected chi connectivity index (χ3v) is 5.33. The molecule has 3 aromatic rings. The van der Waals surface area contributed by atoms with Crippen LogP contribution in [0.5, 0.6) is 11.5 Å². The molecule has 6 nitrogen and oxygen atoms in total. The van der Waals surface area contributed by atoms with Crippen molar-refractivity contribution in [3.8, 4) is 11.5 Å². The van der Waals surface area contributed by atoms with Crippen molar-refractivity contribution < 1.29 is 19.0 Å². The maximum absolute atomic E-state index is 12.3. The Balaban J connectivity index is 1.95. The number of nitrogen functional groups attached to an aromatic ring is 1. The maximum atomic E-state index is 12.3. The summed E-state index contributed by atoms with van der Waals surface area (Å²) in [6, 6.07) is 12.2. The monoisotopic (exact) mass is 404 g/mol. The lowest BCUT2D eigenvalue weighted by Gasteiger charge is -2.18. The molecule has 0 radical (unpaired) electrons. The second-order valence-electron chi connectivity index (χ2n) is 5.64. The number of benzene rings is 2. The Labute approximate surface area is 164 Å². The largest absolute Gasteiger partial charge is 0.495 e. The van der Waals surface area contributed by atoms with E-state index in [4.69, 9.17) is 37.0 Å². The summed E-state index contributed by atoms with van der Waals surface area (Å²) >= 11 is 7.55. The Morgan fingerprint density at radius 2 is 1.96 bits per heavy atom. The molecule has 8 heteroatoms. The predicted molar refractivity (Wildman–Crippen MR) is 106 cm³/mol. The van der Waals surface area contributed by atoms with Gasteiger partial charge in [-0.25, -0.2) is 4.79 Å². The quantitative estimate of drug-likeness (QED) is 0.365. The van der Waals surface area contributed by atoms with Crippen molar-refractivity contribution in [3.05, 3.63) is 57.9 Å². The van der Waals surface area contributed by atoms with E-state index in [1.54, 1.807) is 30.3 Å². The highest BCUT2D eigenvalue weighted by Crippen LogP contribution is 2.33.